The molecule has 0 bridgehead atoms. The molecule has 0 aliphatic carbocycles. The second-order valence-electron chi connectivity index (χ2n) is 1.37. The number of aromatic nitrogens is 1. The summed E-state index contributed by atoms with van der Waals surface area (Å²) in [5.41, 5.74) is 10.3. The first kappa shape index (κ1) is 5.11. The number of nitrogens with zero attached hydrogens (tertiary/aromatic N) is 1. The predicted octanol–water partition coefficient (Wildman–Crippen LogP) is -0.285. The van der Waals surface area contributed by atoms with Crippen LogP contribution in [0.25, 0.3) is 0 Å². The highest BCUT2D eigenvalue weighted by Gasteiger charge is 1.94. The Labute approximate surface area is 46.5 Å². The number of oxazole rings is 1. The molecule has 0 saturated carbocycles. The molecule has 1 aromatic rings. The Balaban J connectivity index is 2.84. The molecule has 8 heavy (non-hydrogen) atoms. The third kappa shape index (κ3) is 0.788. The van der Waals surface area contributed by atoms with E-state index in [2.05, 4.69) is 4.98 Å². The zero-order valence-corrected chi connectivity index (χ0v) is 4.29. The normalized spacial score (nSPS) is 9.62. The molecule has 0 fully saturated rings. The summed E-state index contributed by atoms with van der Waals surface area (Å²) >= 11 is 0. The molecule has 4 N–H and O–H groups in total. The van der Waals surface area contributed by atoms with Crippen molar-refractivity contribution in [2.24, 2.45) is 5.73 Å². The minimum atomic E-state index is 0.303. The van der Waals surface area contributed by atoms with Gasteiger partial charge in [-0.05, 0) is 0 Å². The third-order valence-electron chi connectivity index (χ3n) is 0.744. The van der Waals surface area contributed by atoms with E-state index in [-0.39, 0.29) is 0 Å². The van der Waals surface area contributed by atoms with Crippen molar-refractivity contribution in [3.8, 4) is 0 Å². The lowest BCUT2D eigenvalue weighted by Gasteiger charge is -1.78. The molecule has 1 rings (SSSR count). The second kappa shape index (κ2) is 1.83. The highest BCUT2D eigenvalue weighted by molar-refractivity contribution is 5.21. The van der Waals surface area contributed by atoms with Crippen molar-refractivity contribution in [2.45, 2.75) is 6.54 Å². The summed E-state index contributed by atoms with van der Waals surface area (Å²) in [7, 11) is 0. The van der Waals surface area contributed by atoms with Crippen molar-refractivity contribution in [3.05, 3.63) is 12.2 Å². The van der Waals surface area contributed by atoms with Gasteiger partial charge in [-0.25, -0.2) is 0 Å². The van der Waals surface area contributed by atoms with Crippen molar-refractivity contribution in [2.75, 3.05) is 5.73 Å². The molecular formula is C4H7N3O. The lowest BCUT2D eigenvalue weighted by molar-refractivity contribution is 0.498. The Hall–Kier alpha value is -1.03. The van der Waals surface area contributed by atoms with Gasteiger partial charge in [0.2, 0.25) is 5.89 Å². The van der Waals surface area contributed by atoms with Crippen LogP contribution in [0.1, 0.15) is 5.89 Å². The van der Waals surface area contributed by atoms with E-state index in [4.69, 9.17) is 15.9 Å². The molecule has 4 nitrogen and oxygen atoms in total. The van der Waals surface area contributed by atoms with Gasteiger partial charge >= 0.3 is 0 Å². The molecule has 0 aromatic carbocycles. The zero-order chi connectivity index (χ0) is 5.98. The molecule has 0 unspecified atom stereocenters. The quantitative estimate of drug-likeness (QED) is 0.524. The maximum absolute atomic E-state index is 5.19. The highest BCUT2D eigenvalue weighted by Crippen LogP contribution is 1.99. The minimum Gasteiger partial charge on any atom is -0.445 e. The Bertz CT molecular complexity index is 172. The van der Waals surface area contributed by atoms with Gasteiger partial charge in [-0.3, -0.25) is 0 Å². The molecule has 0 aliphatic heterocycles. The highest BCUT2D eigenvalue weighted by atomic mass is 16.3. The Kier molecular flexibility index (Phi) is 1.17. The van der Waals surface area contributed by atoms with Gasteiger partial charge in [0.1, 0.15) is 6.26 Å². The van der Waals surface area contributed by atoms with Crippen LogP contribution in [-0.2, 0) is 6.54 Å². The summed E-state index contributed by atoms with van der Waals surface area (Å²) < 4.78 is 4.75. The van der Waals surface area contributed by atoms with E-state index in [0.717, 1.165) is 0 Å². The van der Waals surface area contributed by atoms with E-state index in [1.807, 2.05) is 0 Å². The monoisotopic (exact) mass is 113 g/mol. The summed E-state index contributed by atoms with van der Waals surface area (Å²) in [5, 5.41) is 0. The molecule has 0 radical (unpaired) electrons. The van der Waals surface area contributed by atoms with Crippen LogP contribution in [0.2, 0.25) is 0 Å². The predicted molar refractivity (Wildman–Crippen MR) is 28.8 cm³/mol. The van der Waals surface area contributed by atoms with Crippen LogP contribution in [0, 0.1) is 0 Å². The van der Waals surface area contributed by atoms with Gasteiger partial charge in [-0.1, -0.05) is 0 Å². The SMILES string of the molecule is NCc1nc(N)co1. The summed E-state index contributed by atoms with van der Waals surface area (Å²) in [6.45, 7) is 0.303. The number of nitrogen functional groups attached to an aromatic ring is 1. The Morgan fingerprint density at radius 1 is 1.75 bits per heavy atom. The zero-order valence-electron chi connectivity index (χ0n) is 4.29. The van der Waals surface area contributed by atoms with Crippen LogP contribution in [0.3, 0.4) is 0 Å². The molecule has 0 atom stereocenters. The summed E-state index contributed by atoms with van der Waals surface area (Å²) in [6.07, 6.45) is 1.36. The maximum Gasteiger partial charge on any atom is 0.209 e. The third-order valence-corrected chi connectivity index (χ3v) is 0.744. The lowest BCUT2D eigenvalue weighted by Crippen LogP contribution is -1.96. The second-order valence-corrected chi connectivity index (χ2v) is 1.37. The summed E-state index contributed by atoms with van der Waals surface area (Å²) in [4.78, 5) is 3.72. The number of nitrogens with two attached hydrogens (primary N) is 2. The standard InChI is InChI=1S/C4H7N3O/c5-1-4-7-3(6)2-8-4/h2H,1,5-6H2. The van der Waals surface area contributed by atoms with Crippen molar-refractivity contribution in [1.82, 2.24) is 4.98 Å². The first-order valence-corrected chi connectivity index (χ1v) is 2.23. The van der Waals surface area contributed by atoms with Crippen molar-refractivity contribution < 1.29 is 4.42 Å². The Morgan fingerprint density at radius 3 is 2.75 bits per heavy atom. The molecule has 0 saturated heterocycles. The van der Waals surface area contributed by atoms with E-state index in [1.54, 1.807) is 0 Å². The largest absolute Gasteiger partial charge is 0.445 e. The topological polar surface area (TPSA) is 78.1 Å². The number of hydrogen-bond donors (Lipinski definition) is 2. The van der Waals surface area contributed by atoms with Crippen molar-refractivity contribution >= 4 is 5.82 Å². The van der Waals surface area contributed by atoms with Crippen LogP contribution >= 0.6 is 0 Å². The van der Waals surface area contributed by atoms with E-state index in [9.17, 15) is 0 Å². The molecule has 0 amide bonds. The van der Waals surface area contributed by atoms with Gasteiger partial charge in [0.05, 0.1) is 6.54 Å². The average molecular weight is 113 g/mol. The Morgan fingerprint density at radius 2 is 2.50 bits per heavy atom. The smallest absolute Gasteiger partial charge is 0.209 e. The fourth-order valence-electron chi connectivity index (χ4n) is 0.419. The number of anilines is 1. The lowest BCUT2D eigenvalue weighted by atomic mass is 10.7. The van der Waals surface area contributed by atoms with Crippen LogP contribution in [-0.4, -0.2) is 4.98 Å². The van der Waals surface area contributed by atoms with Gasteiger partial charge in [-0.15, -0.1) is 0 Å². The van der Waals surface area contributed by atoms with Crippen LogP contribution in [0.4, 0.5) is 5.82 Å². The van der Waals surface area contributed by atoms with Crippen LogP contribution in [0.5, 0.6) is 0 Å². The fraction of sp³-hybridized carbons (Fsp3) is 0.250. The van der Waals surface area contributed by atoms with Gasteiger partial charge < -0.3 is 15.9 Å². The summed E-state index contributed by atoms with van der Waals surface area (Å²) in [5.74, 6) is 0.855. The minimum absolute atomic E-state index is 0.303. The number of rotatable bonds is 1. The van der Waals surface area contributed by atoms with Crippen molar-refractivity contribution in [3.63, 3.8) is 0 Å². The van der Waals surface area contributed by atoms with E-state index in [1.165, 1.54) is 6.26 Å². The van der Waals surface area contributed by atoms with Crippen LogP contribution in [0.15, 0.2) is 10.7 Å². The average Bonchev–Trinajstić information content (AvgIpc) is 2.14. The van der Waals surface area contributed by atoms with E-state index in [0.29, 0.717) is 18.3 Å². The number of hydrogen-bond acceptors (Lipinski definition) is 4. The van der Waals surface area contributed by atoms with Gasteiger partial charge in [-0.2, -0.15) is 4.98 Å². The first-order chi connectivity index (χ1) is 3.83. The molecule has 4 heteroatoms. The van der Waals surface area contributed by atoms with Gasteiger partial charge in [0.25, 0.3) is 0 Å². The maximum atomic E-state index is 5.19. The fourth-order valence-corrected chi connectivity index (χ4v) is 0.419. The summed E-state index contributed by atoms with van der Waals surface area (Å²) in [6, 6.07) is 0. The molecule has 0 aliphatic rings. The van der Waals surface area contributed by atoms with Crippen molar-refractivity contribution in [1.29, 1.82) is 0 Å². The molecule has 1 heterocycles. The van der Waals surface area contributed by atoms with Gasteiger partial charge in [0, 0.05) is 0 Å². The molecule has 44 valence electrons. The molecule has 0 spiro atoms. The molecular weight excluding hydrogens is 106 g/mol. The van der Waals surface area contributed by atoms with Gasteiger partial charge in [0.15, 0.2) is 5.82 Å². The first-order valence-electron chi connectivity index (χ1n) is 2.23. The van der Waals surface area contributed by atoms with Crippen LogP contribution < -0.4 is 11.5 Å². The van der Waals surface area contributed by atoms with E-state index >= 15 is 0 Å². The molecule has 1 aromatic heterocycles. The van der Waals surface area contributed by atoms with E-state index < -0.39 is 0 Å².